The second kappa shape index (κ2) is 7.17. The van der Waals surface area contributed by atoms with Crippen molar-refractivity contribution in [2.24, 2.45) is 0 Å². The van der Waals surface area contributed by atoms with Crippen LogP contribution in [0.4, 0.5) is 0 Å². The highest BCUT2D eigenvalue weighted by atomic mass is 32.1. The summed E-state index contributed by atoms with van der Waals surface area (Å²) in [5, 5.41) is 17.4. The fraction of sp³-hybridized carbons (Fsp3) is 0.111. The van der Waals surface area contributed by atoms with Gasteiger partial charge in [-0.05, 0) is 34.5 Å². The summed E-state index contributed by atoms with van der Waals surface area (Å²) in [5.74, 6) is -0.243. The van der Waals surface area contributed by atoms with Gasteiger partial charge in [0, 0.05) is 29.8 Å². The quantitative estimate of drug-likeness (QED) is 0.709. The Morgan fingerprint density at radius 2 is 2.17 bits per heavy atom. The van der Waals surface area contributed by atoms with Gasteiger partial charge in [0.1, 0.15) is 0 Å². The van der Waals surface area contributed by atoms with Gasteiger partial charge in [0.15, 0.2) is 0 Å². The number of hydrogen-bond donors (Lipinski definition) is 2. The van der Waals surface area contributed by atoms with E-state index >= 15 is 0 Å². The van der Waals surface area contributed by atoms with E-state index in [2.05, 4.69) is 10.3 Å². The number of para-hydroxylation sites is 1. The normalized spacial score (nSPS) is 12.6. The molecule has 2 heterocycles. The van der Waals surface area contributed by atoms with Crippen LogP contribution < -0.4 is 5.32 Å². The number of hydrogen-bond acceptors (Lipinski definition) is 4. The molecular formula is C18H16N2O2S. The standard InChI is InChI=1S/C18H16N2O2S/c21-16(15-8-10-23-12-15)11-20-17(22)7-6-14-4-1-3-13-5-2-9-19-18(13)14/h1-10,12,16,21H,11H2,(H,20,22)/b7-6+. The zero-order chi connectivity index (χ0) is 16.1. The van der Waals surface area contributed by atoms with Crippen LogP contribution in [0.25, 0.3) is 17.0 Å². The van der Waals surface area contributed by atoms with Crippen LogP contribution in [-0.4, -0.2) is 22.5 Å². The molecule has 4 nitrogen and oxygen atoms in total. The minimum atomic E-state index is -0.683. The maximum atomic E-state index is 11.9. The predicted octanol–water partition coefficient (Wildman–Crippen LogP) is 3.16. The second-order valence-electron chi connectivity index (χ2n) is 5.07. The Labute approximate surface area is 138 Å². The number of rotatable bonds is 5. The lowest BCUT2D eigenvalue weighted by molar-refractivity contribution is -0.116. The summed E-state index contributed by atoms with van der Waals surface area (Å²) in [5.41, 5.74) is 2.56. The van der Waals surface area contributed by atoms with Crippen LogP contribution in [0.2, 0.25) is 0 Å². The van der Waals surface area contributed by atoms with Crippen molar-refractivity contribution < 1.29 is 9.90 Å². The van der Waals surface area contributed by atoms with Crippen molar-refractivity contribution >= 4 is 34.2 Å². The van der Waals surface area contributed by atoms with Crippen LogP contribution in [-0.2, 0) is 4.79 Å². The lowest BCUT2D eigenvalue weighted by Crippen LogP contribution is -2.26. The van der Waals surface area contributed by atoms with Gasteiger partial charge in [0.2, 0.25) is 5.91 Å². The molecule has 0 saturated carbocycles. The van der Waals surface area contributed by atoms with Gasteiger partial charge < -0.3 is 10.4 Å². The molecule has 1 amide bonds. The summed E-state index contributed by atoms with van der Waals surface area (Å²) >= 11 is 1.52. The SMILES string of the molecule is O=C(/C=C/c1cccc2cccnc12)NCC(O)c1ccsc1. The molecule has 0 saturated heterocycles. The van der Waals surface area contributed by atoms with Crippen molar-refractivity contribution in [1.29, 1.82) is 0 Å². The first-order valence-electron chi connectivity index (χ1n) is 7.24. The van der Waals surface area contributed by atoms with Gasteiger partial charge in [-0.3, -0.25) is 9.78 Å². The van der Waals surface area contributed by atoms with Crippen molar-refractivity contribution in [3.05, 3.63) is 70.6 Å². The molecule has 3 aromatic rings. The van der Waals surface area contributed by atoms with E-state index in [1.165, 1.54) is 17.4 Å². The Kier molecular flexibility index (Phi) is 4.80. The van der Waals surface area contributed by atoms with E-state index in [1.54, 1.807) is 12.3 Å². The third-order valence-corrected chi connectivity index (χ3v) is 4.18. The summed E-state index contributed by atoms with van der Waals surface area (Å²) in [6.07, 6.45) is 4.25. The van der Waals surface area contributed by atoms with Crippen molar-refractivity contribution in [3.63, 3.8) is 0 Å². The summed E-state index contributed by atoms with van der Waals surface area (Å²) in [6.45, 7) is 0.188. The van der Waals surface area contributed by atoms with Crippen molar-refractivity contribution in [2.45, 2.75) is 6.10 Å². The molecule has 2 N–H and O–H groups in total. The molecule has 1 unspecified atom stereocenters. The van der Waals surface area contributed by atoms with Gasteiger partial charge in [-0.15, -0.1) is 0 Å². The molecule has 1 atom stereocenters. The molecule has 0 aliphatic carbocycles. The monoisotopic (exact) mass is 324 g/mol. The Morgan fingerprint density at radius 3 is 3.00 bits per heavy atom. The number of nitrogens with one attached hydrogen (secondary N) is 1. The number of aliphatic hydroxyl groups is 1. The summed E-state index contributed by atoms with van der Waals surface area (Å²) < 4.78 is 0. The van der Waals surface area contributed by atoms with Gasteiger partial charge in [-0.25, -0.2) is 0 Å². The van der Waals surface area contributed by atoms with Crippen molar-refractivity contribution in [2.75, 3.05) is 6.54 Å². The van der Waals surface area contributed by atoms with E-state index in [4.69, 9.17) is 0 Å². The lowest BCUT2D eigenvalue weighted by atomic mass is 10.1. The molecule has 3 rings (SSSR count). The zero-order valence-corrected chi connectivity index (χ0v) is 13.2. The minimum Gasteiger partial charge on any atom is -0.387 e. The van der Waals surface area contributed by atoms with E-state index < -0.39 is 6.10 Å². The average molecular weight is 324 g/mol. The summed E-state index contributed by atoms with van der Waals surface area (Å²) in [7, 11) is 0. The Balaban J connectivity index is 1.64. The predicted molar refractivity (Wildman–Crippen MR) is 93.1 cm³/mol. The number of aromatic nitrogens is 1. The first-order chi connectivity index (χ1) is 11.2. The molecular weight excluding hydrogens is 308 g/mol. The highest BCUT2D eigenvalue weighted by molar-refractivity contribution is 7.07. The second-order valence-corrected chi connectivity index (χ2v) is 5.85. The number of aliphatic hydroxyl groups excluding tert-OH is 1. The Bertz CT molecular complexity index is 823. The van der Waals surface area contributed by atoms with Gasteiger partial charge in [0.05, 0.1) is 11.6 Å². The van der Waals surface area contributed by atoms with Crippen LogP contribution in [0.3, 0.4) is 0 Å². The largest absolute Gasteiger partial charge is 0.387 e. The number of carbonyl (C=O) groups excluding carboxylic acids is 1. The first kappa shape index (κ1) is 15.4. The maximum Gasteiger partial charge on any atom is 0.244 e. The van der Waals surface area contributed by atoms with Gasteiger partial charge in [-0.2, -0.15) is 11.3 Å². The number of thiophene rings is 1. The van der Waals surface area contributed by atoms with E-state index in [9.17, 15) is 9.90 Å². The van der Waals surface area contributed by atoms with Gasteiger partial charge in [-0.1, -0.05) is 24.3 Å². The van der Waals surface area contributed by atoms with Crippen LogP contribution in [0.15, 0.2) is 59.4 Å². The van der Waals surface area contributed by atoms with E-state index in [0.29, 0.717) is 0 Å². The fourth-order valence-corrected chi connectivity index (χ4v) is 2.97. The molecule has 2 aromatic heterocycles. The van der Waals surface area contributed by atoms with Crippen molar-refractivity contribution in [1.82, 2.24) is 10.3 Å². The molecule has 116 valence electrons. The topological polar surface area (TPSA) is 62.2 Å². The molecule has 0 radical (unpaired) electrons. The smallest absolute Gasteiger partial charge is 0.244 e. The molecule has 0 aliphatic rings. The van der Waals surface area contributed by atoms with Crippen LogP contribution in [0, 0.1) is 0 Å². The van der Waals surface area contributed by atoms with Crippen molar-refractivity contribution in [3.8, 4) is 0 Å². The molecule has 23 heavy (non-hydrogen) atoms. The molecule has 0 bridgehead atoms. The van der Waals surface area contributed by atoms with Crippen LogP contribution in [0.5, 0.6) is 0 Å². The molecule has 0 fully saturated rings. The first-order valence-corrected chi connectivity index (χ1v) is 8.18. The third-order valence-electron chi connectivity index (χ3n) is 3.48. The van der Waals surface area contributed by atoms with E-state index in [-0.39, 0.29) is 12.5 Å². The maximum absolute atomic E-state index is 11.9. The van der Waals surface area contributed by atoms with E-state index in [0.717, 1.165) is 22.0 Å². The van der Waals surface area contributed by atoms with Gasteiger partial charge in [0.25, 0.3) is 0 Å². The zero-order valence-electron chi connectivity index (χ0n) is 12.3. The number of amides is 1. The van der Waals surface area contributed by atoms with Crippen LogP contribution >= 0.6 is 11.3 Å². The van der Waals surface area contributed by atoms with E-state index in [1.807, 2.05) is 47.2 Å². The number of benzene rings is 1. The molecule has 0 spiro atoms. The Morgan fingerprint density at radius 1 is 1.30 bits per heavy atom. The highest BCUT2D eigenvalue weighted by Gasteiger charge is 2.08. The fourth-order valence-electron chi connectivity index (χ4n) is 2.27. The Hall–Kier alpha value is -2.50. The molecule has 0 aliphatic heterocycles. The number of pyridine rings is 1. The highest BCUT2D eigenvalue weighted by Crippen LogP contribution is 2.17. The van der Waals surface area contributed by atoms with Gasteiger partial charge >= 0.3 is 0 Å². The summed E-state index contributed by atoms with van der Waals surface area (Å²) in [4.78, 5) is 16.2. The lowest BCUT2D eigenvalue weighted by Gasteiger charge is -2.09. The molecule has 1 aromatic carbocycles. The average Bonchev–Trinajstić information content (AvgIpc) is 3.12. The van der Waals surface area contributed by atoms with Crippen LogP contribution in [0.1, 0.15) is 17.2 Å². The summed E-state index contributed by atoms with van der Waals surface area (Å²) in [6, 6.07) is 11.5. The third kappa shape index (κ3) is 3.83. The molecule has 5 heteroatoms. The number of nitrogens with zero attached hydrogens (tertiary/aromatic N) is 1. The number of fused-ring (bicyclic) bond motifs is 1. The number of carbonyl (C=O) groups is 1. The minimum absolute atomic E-state index is 0.188.